The summed E-state index contributed by atoms with van der Waals surface area (Å²) in [7, 11) is 1.54. The first-order chi connectivity index (χ1) is 13.9. The minimum absolute atomic E-state index is 0.209. The predicted octanol–water partition coefficient (Wildman–Crippen LogP) is 4.27. The monoisotopic (exact) mass is 437 g/mol. The maximum Gasteiger partial charge on any atom is 0.249 e. The van der Waals surface area contributed by atoms with Gasteiger partial charge in [-0.3, -0.25) is 9.59 Å². The van der Waals surface area contributed by atoms with E-state index in [2.05, 4.69) is 15.8 Å². The third-order valence-corrected chi connectivity index (χ3v) is 4.42. The van der Waals surface area contributed by atoms with Crippen molar-refractivity contribution in [2.75, 3.05) is 19.0 Å². The molecule has 0 spiro atoms. The van der Waals surface area contributed by atoms with E-state index in [1.54, 1.807) is 43.5 Å². The van der Waals surface area contributed by atoms with Crippen LogP contribution in [0.1, 0.15) is 25.3 Å². The van der Waals surface area contributed by atoms with Gasteiger partial charge in [0, 0.05) is 0 Å². The van der Waals surface area contributed by atoms with Gasteiger partial charge in [0.05, 0.1) is 35.7 Å². The summed E-state index contributed by atoms with van der Waals surface area (Å²) in [6, 6.07) is 10.1. The molecule has 0 unspecified atom stereocenters. The van der Waals surface area contributed by atoms with Crippen LogP contribution in [0.15, 0.2) is 41.5 Å². The molecular weight excluding hydrogens is 417 g/mol. The summed E-state index contributed by atoms with van der Waals surface area (Å²) in [5.74, 6) is 0.0751. The van der Waals surface area contributed by atoms with E-state index >= 15 is 0 Å². The van der Waals surface area contributed by atoms with Crippen LogP contribution < -0.4 is 20.2 Å². The number of methoxy groups -OCH3 is 1. The summed E-state index contributed by atoms with van der Waals surface area (Å²) in [5.41, 5.74) is 3.33. The maximum atomic E-state index is 12.0. The molecule has 154 valence electrons. The molecule has 9 heteroatoms. The Hall–Kier alpha value is -2.77. The van der Waals surface area contributed by atoms with E-state index in [0.29, 0.717) is 34.4 Å². The van der Waals surface area contributed by atoms with Crippen LogP contribution in [-0.2, 0) is 9.59 Å². The van der Waals surface area contributed by atoms with Gasteiger partial charge in [0.15, 0.2) is 11.5 Å². The van der Waals surface area contributed by atoms with Gasteiger partial charge in [-0.05, 0) is 42.3 Å². The minimum Gasteiger partial charge on any atom is -0.493 e. The van der Waals surface area contributed by atoms with Crippen molar-refractivity contribution >= 4 is 46.9 Å². The average Bonchev–Trinajstić information content (AvgIpc) is 2.70. The van der Waals surface area contributed by atoms with E-state index in [4.69, 9.17) is 32.7 Å². The fourth-order valence-electron chi connectivity index (χ4n) is 2.25. The Morgan fingerprint density at radius 2 is 1.93 bits per heavy atom. The summed E-state index contributed by atoms with van der Waals surface area (Å²) < 4.78 is 10.9. The SMILES string of the molecule is CCCOc1ccc(C=NNC(=O)CC(=O)Nc2cccc(Cl)c2Cl)cc1OC. The molecule has 0 bridgehead atoms. The van der Waals surface area contributed by atoms with Gasteiger partial charge in [-0.1, -0.05) is 36.2 Å². The van der Waals surface area contributed by atoms with Crippen LogP contribution in [0, 0.1) is 0 Å². The fraction of sp³-hybridized carbons (Fsp3) is 0.250. The van der Waals surface area contributed by atoms with Crippen LogP contribution in [0.2, 0.25) is 10.0 Å². The highest BCUT2D eigenvalue weighted by Gasteiger charge is 2.12. The van der Waals surface area contributed by atoms with Gasteiger partial charge in [0.2, 0.25) is 11.8 Å². The average molecular weight is 438 g/mol. The Morgan fingerprint density at radius 1 is 1.14 bits per heavy atom. The van der Waals surface area contributed by atoms with Crippen LogP contribution >= 0.6 is 23.2 Å². The molecule has 0 aliphatic heterocycles. The number of benzene rings is 2. The quantitative estimate of drug-likeness (QED) is 0.348. The first-order valence-electron chi connectivity index (χ1n) is 8.81. The zero-order valence-corrected chi connectivity index (χ0v) is 17.5. The molecule has 0 fully saturated rings. The molecule has 0 aromatic heterocycles. The van der Waals surface area contributed by atoms with Crippen molar-refractivity contribution in [2.45, 2.75) is 19.8 Å². The number of carbonyl (C=O) groups excluding carboxylic acids is 2. The molecule has 0 saturated carbocycles. The van der Waals surface area contributed by atoms with Gasteiger partial charge in [0.1, 0.15) is 6.42 Å². The van der Waals surface area contributed by atoms with E-state index in [1.165, 1.54) is 6.21 Å². The van der Waals surface area contributed by atoms with E-state index in [1.807, 2.05) is 6.92 Å². The third kappa shape index (κ3) is 6.96. The van der Waals surface area contributed by atoms with Crippen LogP contribution in [0.5, 0.6) is 11.5 Å². The number of anilines is 1. The van der Waals surface area contributed by atoms with Crippen molar-refractivity contribution in [1.82, 2.24) is 5.43 Å². The molecule has 2 rings (SSSR count). The number of hydrazone groups is 1. The molecule has 2 amide bonds. The predicted molar refractivity (Wildman–Crippen MR) is 114 cm³/mol. The number of nitrogens with zero attached hydrogens (tertiary/aromatic N) is 1. The summed E-state index contributed by atoms with van der Waals surface area (Å²) >= 11 is 11.9. The first kappa shape index (κ1) is 22.5. The Kier molecular flexibility index (Phi) is 8.76. The van der Waals surface area contributed by atoms with Crippen LogP contribution in [-0.4, -0.2) is 31.7 Å². The fourth-order valence-corrected chi connectivity index (χ4v) is 2.60. The topological polar surface area (TPSA) is 89.0 Å². The second kappa shape index (κ2) is 11.3. The standard InChI is InChI=1S/C20H21Cl2N3O4/c1-3-9-29-16-8-7-13(10-17(16)28-2)12-23-25-19(27)11-18(26)24-15-6-4-5-14(21)20(15)22/h4-8,10,12H,3,9,11H2,1-2H3,(H,24,26)(H,25,27). The number of rotatable bonds is 9. The molecule has 29 heavy (non-hydrogen) atoms. The summed E-state index contributed by atoms with van der Waals surface area (Å²) in [5, 5.41) is 6.90. The van der Waals surface area contributed by atoms with Crippen molar-refractivity contribution < 1.29 is 19.1 Å². The lowest BCUT2D eigenvalue weighted by Gasteiger charge is -2.10. The first-order valence-corrected chi connectivity index (χ1v) is 9.56. The lowest BCUT2D eigenvalue weighted by atomic mass is 10.2. The molecule has 2 aromatic rings. The number of nitrogens with one attached hydrogen (secondary N) is 2. The molecule has 0 heterocycles. The minimum atomic E-state index is -0.577. The largest absolute Gasteiger partial charge is 0.493 e. The number of halogens is 2. The Bertz CT molecular complexity index is 903. The van der Waals surface area contributed by atoms with Gasteiger partial charge in [-0.25, -0.2) is 5.43 Å². The molecule has 0 saturated heterocycles. The highest BCUT2D eigenvalue weighted by Crippen LogP contribution is 2.29. The lowest BCUT2D eigenvalue weighted by Crippen LogP contribution is -2.24. The van der Waals surface area contributed by atoms with Crippen LogP contribution in [0.3, 0.4) is 0 Å². The van der Waals surface area contributed by atoms with Crippen LogP contribution in [0.4, 0.5) is 5.69 Å². The van der Waals surface area contributed by atoms with Gasteiger partial charge in [-0.15, -0.1) is 0 Å². The number of ether oxygens (including phenoxy) is 2. The number of hydrogen-bond donors (Lipinski definition) is 2. The molecule has 2 aromatic carbocycles. The maximum absolute atomic E-state index is 12.0. The van der Waals surface area contributed by atoms with E-state index in [0.717, 1.165) is 6.42 Å². The molecular formula is C20H21Cl2N3O4. The van der Waals surface area contributed by atoms with Crippen molar-refractivity contribution in [3.05, 3.63) is 52.0 Å². The Balaban J connectivity index is 1.88. The number of amides is 2. The molecule has 2 N–H and O–H groups in total. The molecule has 0 atom stereocenters. The molecule has 0 radical (unpaired) electrons. The third-order valence-electron chi connectivity index (χ3n) is 3.60. The second-order valence-corrected chi connectivity index (χ2v) is 6.66. The second-order valence-electron chi connectivity index (χ2n) is 5.88. The van der Waals surface area contributed by atoms with E-state index in [9.17, 15) is 9.59 Å². The normalized spacial score (nSPS) is 10.6. The lowest BCUT2D eigenvalue weighted by molar-refractivity contribution is -0.126. The Labute approximate surface area is 179 Å². The zero-order chi connectivity index (χ0) is 21.2. The summed E-state index contributed by atoms with van der Waals surface area (Å²) in [4.78, 5) is 23.9. The van der Waals surface area contributed by atoms with Gasteiger partial charge in [-0.2, -0.15) is 5.10 Å². The van der Waals surface area contributed by atoms with Crippen molar-refractivity contribution in [1.29, 1.82) is 0 Å². The van der Waals surface area contributed by atoms with Gasteiger partial charge < -0.3 is 14.8 Å². The molecule has 7 nitrogen and oxygen atoms in total. The molecule has 0 aliphatic carbocycles. The smallest absolute Gasteiger partial charge is 0.249 e. The zero-order valence-electron chi connectivity index (χ0n) is 16.0. The van der Waals surface area contributed by atoms with Gasteiger partial charge >= 0.3 is 0 Å². The number of hydrogen-bond acceptors (Lipinski definition) is 5. The van der Waals surface area contributed by atoms with Gasteiger partial charge in [0.25, 0.3) is 0 Å². The molecule has 0 aliphatic rings. The number of carbonyl (C=O) groups is 2. The van der Waals surface area contributed by atoms with Crippen molar-refractivity contribution in [3.63, 3.8) is 0 Å². The van der Waals surface area contributed by atoms with E-state index in [-0.39, 0.29) is 5.02 Å². The van der Waals surface area contributed by atoms with Crippen molar-refractivity contribution in [3.8, 4) is 11.5 Å². The highest BCUT2D eigenvalue weighted by molar-refractivity contribution is 6.44. The van der Waals surface area contributed by atoms with Crippen molar-refractivity contribution in [2.24, 2.45) is 5.10 Å². The Morgan fingerprint density at radius 3 is 2.66 bits per heavy atom. The highest BCUT2D eigenvalue weighted by atomic mass is 35.5. The van der Waals surface area contributed by atoms with E-state index < -0.39 is 18.2 Å². The van der Waals surface area contributed by atoms with Crippen LogP contribution in [0.25, 0.3) is 0 Å². The summed E-state index contributed by atoms with van der Waals surface area (Å²) in [6.07, 6.45) is 1.90. The summed E-state index contributed by atoms with van der Waals surface area (Å²) in [6.45, 7) is 2.60.